The minimum atomic E-state index is -0.430. The molecular formula is C18H19ClFN3O2. The van der Waals surface area contributed by atoms with Gasteiger partial charge in [0.1, 0.15) is 5.82 Å². The molecule has 0 aromatic heterocycles. The van der Waals surface area contributed by atoms with Crippen molar-refractivity contribution in [2.45, 2.75) is 13.0 Å². The number of anilines is 1. The molecule has 2 N–H and O–H groups in total. The average molecular weight is 364 g/mol. The lowest BCUT2D eigenvalue weighted by molar-refractivity contribution is 0.297. The van der Waals surface area contributed by atoms with Gasteiger partial charge in [-0.2, -0.15) is 0 Å². The van der Waals surface area contributed by atoms with Gasteiger partial charge < -0.3 is 20.1 Å². The fourth-order valence-corrected chi connectivity index (χ4v) is 2.60. The van der Waals surface area contributed by atoms with Crippen LogP contribution in [0.2, 0.25) is 5.02 Å². The molecule has 2 aromatic carbocycles. The Morgan fingerprint density at radius 2 is 1.96 bits per heavy atom. The SMILES string of the molecule is CN=C(NCc1ccc(F)c(Cl)c1)Nc1ccc2c(c1)OCCCO2. The number of nitrogens with one attached hydrogen (secondary N) is 2. The first-order chi connectivity index (χ1) is 12.2. The summed E-state index contributed by atoms with van der Waals surface area (Å²) in [6, 6.07) is 10.3. The summed E-state index contributed by atoms with van der Waals surface area (Å²) in [6.45, 7) is 1.75. The molecule has 5 nitrogen and oxygen atoms in total. The van der Waals surface area contributed by atoms with Gasteiger partial charge in [-0.1, -0.05) is 17.7 Å². The van der Waals surface area contributed by atoms with Gasteiger partial charge in [-0.25, -0.2) is 4.39 Å². The maximum Gasteiger partial charge on any atom is 0.195 e. The van der Waals surface area contributed by atoms with Crippen molar-refractivity contribution < 1.29 is 13.9 Å². The van der Waals surface area contributed by atoms with Crippen LogP contribution >= 0.6 is 11.6 Å². The lowest BCUT2D eigenvalue weighted by Crippen LogP contribution is -2.30. The van der Waals surface area contributed by atoms with E-state index in [0.717, 1.165) is 23.4 Å². The number of halogens is 2. The molecule has 1 heterocycles. The molecule has 0 atom stereocenters. The first kappa shape index (κ1) is 17.4. The molecule has 0 aliphatic carbocycles. The Bertz CT molecular complexity index is 783. The molecule has 3 rings (SSSR count). The molecule has 0 fully saturated rings. The minimum absolute atomic E-state index is 0.102. The summed E-state index contributed by atoms with van der Waals surface area (Å²) in [6.07, 6.45) is 0.862. The zero-order valence-electron chi connectivity index (χ0n) is 13.8. The smallest absolute Gasteiger partial charge is 0.195 e. The van der Waals surface area contributed by atoms with Gasteiger partial charge >= 0.3 is 0 Å². The maximum atomic E-state index is 13.2. The summed E-state index contributed by atoms with van der Waals surface area (Å²) in [5.74, 6) is 1.60. The molecule has 2 aromatic rings. The summed E-state index contributed by atoms with van der Waals surface area (Å²) >= 11 is 5.80. The second kappa shape index (κ2) is 8.07. The van der Waals surface area contributed by atoms with E-state index < -0.39 is 5.82 Å². The van der Waals surface area contributed by atoms with E-state index in [1.165, 1.54) is 6.07 Å². The molecule has 0 amide bonds. The Morgan fingerprint density at radius 1 is 1.16 bits per heavy atom. The molecule has 132 valence electrons. The van der Waals surface area contributed by atoms with E-state index in [2.05, 4.69) is 15.6 Å². The highest BCUT2D eigenvalue weighted by molar-refractivity contribution is 6.30. The van der Waals surface area contributed by atoms with Crippen LogP contribution in [0.3, 0.4) is 0 Å². The summed E-state index contributed by atoms with van der Waals surface area (Å²) in [4.78, 5) is 4.18. The number of guanidine groups is 1. The van der Waals surface area contributed by atoms with E-state index in [0.29, 0.717) is 31.5 Å². The highest BCUT2D eigenvalue weighted by Gasteiger charge is 2.11. The molecule has 0 spiro atoms. The molecule has 1 aliphatic rings. The van der Waals surface area contributed by atoms with E-state index in [1.807, 2.05) is 18.2 Å². The summed E-state index contributed by atoms with van der Waals surface area (Å²) in [5, 5.41) is 6.45. The van der Waals surface area contributed by atoms with Gasteiger partial charge in [-0.05, 0) is 29.8 Å². The van der Waals surface area contributed by atoms with Crippen LogP contribution in [-0.2, 0) is 6.54 Å². The van der Waals surface area contributed by atoms with E-state index in [1.54, 1.807) is 19.2 Å². The highest BCUT2D eigenvalue weighted by Crippen LogP contribution is 2.32. The van der Waals surface area contributed by atoms with Crippen molar-refractivity contribution in [3.05, 3.63) is 52.8 Å². The van der Waals surface area contributed by atoms with Gasteiger partial charge in [0.05, 0.1) is 18.2 Å². The Balaban J connectivity index is 1.64. The number of aliphatic imine (C=N–C) groups is 1. The molecule has 7 heteroatoms. The van der Waals surface area contributed by atoms with Crippen LogP contribution in [0.4, 0.5) is 10.1 Å². The van der Waals surface area contributed by atoms with E-state index >= 15 is 0 Å². The zero-order chi connectivity index (χ0) is 17.6. The van der Waals surface area contributed by atoms with Crippen molar-refractivity contribution in [2.75, 3.05) is 25.6 Å². The van der Waals surface area contributed by atoms with Crippen LogP contribution in [0.15, 0.2) is 41.4 Å². The topological polar surface area (TPSA) is 54.9 Å². The van der Waals surface area contributed by atoms with Crippen LogP contribution in [0.5, 0.6) is 11.5 Å². The fourth-order valence-electron chi connectivity index (χ4n) is 2.39. The summed E-state index contributed by atoms with van der Waals surface area (Å²) in [7, 11) is 1.68. The number of hydrogen-bond donors (Lipinski definition) is 2. The Labute approximate surface area is 150 Å². The van der Waals surface area contributed by atoms with Crippen LogP contribution in [0.25, 0.3) is 0 Å². The molecule has 0 bridgehead atoms. The van der Waals surface area contributed by atoms with E-state index in [4.69, 9.17) is 21.1 Å². The van der Waals surface area contributed by atoms with Crippen molar-refractivity contribution in [3.8, 4) is 11.5 Å². The monoisotopic (exact) mass is 363 g/mol. The molecule has 25 heavy (non-hydrogen) atoms. The van der Waals surface area contributed by atoms with Crippen LogP contribution in [-0.4, -0.2) is 26.2 Å². The van der Waals surface area contributed by atoms with Gasteiger partial charge in [0.25, 0.3) is 0 Å². The molecule has 1 aliphatic heterocycles. The van der Waals surface area contributed by atoms with E-state index in [9.17, 15) is 4.39 Å². The molecule has 0 saturated carbocycles. The first-order valence-corrected chi connectivity index (χ1v) is 8.35. The molecular weight excluding hydrogens is 345 g/mol. The Morgan fingerprint density at radius 3 is 2.72 bits per heavy atom. The largest absolute Gasteiger partial charge is 0.490 e. The van der Waals surface area contributed by atoms with Crippen LogP contribution in [0.1, 0.15) is 12.0 Å². The predicted octanol–water partition coefficient (Wildman–Crippen LogP) is 3.83. The first-order valence-electron chi connectivity index (χ1n) is 7.97. The lowest BCUT2D eigenvalue weighted by atomic mass is 10.2. The number of hydrogen-bond acceptors (Lipinski definition) is 3. The molecule has 0 unspecified atom stereocenters. The maximum absolute atomic E-state index is 13.2. The van der Waals surface area contributed by atoms with Crippen molar-refractivity contribution in [2.24, 2.45) is 4.99 Å². The molecule has 0 radical (unpaired) electrons. The third-order valence-electron chi connectivity index (χ3n) is 3.68. The van der Waals surface area contributed by atoms with Crippen molar-refractivity contribution in [1.82, 2.24) is 5.32 Å². The van der Waals surface area contributed by atoms with Crippen molar-refractivity contribution in [3.63, 3.8) is 0 Å². The van der Waals surface area contributed by atoms with Crippen molar-refractivity contribution in [1.29, 1.82) is 0 Å². The van der Waals surface area contributed by atoms with Crippen molar-refractivity contribution >= 4 is 23.2 Å². The fraction of sp³-hybridized carbons (Fsp3) is 0.278. The highest BCUT2D eigenvalue weighted by atomic mass is 35.5. The van der Waals surface area contributed by atoms with Gasteiger partial charge in [-0.15, -0.1) is 0 Å². The Hall–Kier alpha value is -2.47. The predicted molar refractivity (Wildman–Crippen MR) is 97.3 cm³/mol. The second-order valence-corrected chi connectivity index (χ2v) is 5.92. The third-order valence-corrected chi connectivity index (χ3v) is 3.97. The standard InChI is InChI=1S/C18H19ClFN3O2/c1-21-18(22-11-12-3-5-15(20)14(19)9-12)23-13-4-6-16-17(10-13)25-8-2-7-24-16/h3-6,9-10H,2,7-8,11H2,1H3,(H2,21,22,23). The normalized spacial score (nSPS) is 14.0. The van der Waals surface area contributed by atoms with Gasteiger partial charge in [0.2, 0.25) is 0 Å². The van der Waals surface area contributed by atoms with E-state index in [-0.39, 0.29) is 5.02 Å². The second-order valence-electron chi connectivity index (χ2n) is 5.51. The minimum Gasteiger partial charge on any atom is -0.490 e. The van der Waals surface area contributed by atoms with Crippen LogP contribution in [0, 0.1) is 5.82 Å². The third kappa shape index (κ3) is 4.54. The van der Waals surface area contributed by atoms with Gasteiger partial charge in [-0.3, -0.25) is 4.99 Å². The Kier molecular flexibility index (Phi) is 5.60. The van der Waals surface area contributed by atoms with Crippen LogP contribution < -0.4 is 20.1 Å². The number of fused-ring (bicyclic) bond motifs is 1. The summed E-state index contributed by atoms with van der Waals surface area (Å²) in [5.41, 5.74) is 1.68. The number of ether oxygens (including phenoxy) is 2. The number of rotatable bonds is 3. The zero-order valence-corrected chi connectivity index (χ0v) is 14.6. The summed E-state index contributed by atoms with van der Waals surface area (Å²) < 4.78 is 24.5. The quantitative estimate of drug-likeness (QED) is 0.643. The average Bonchev–Trinajstić information content (AvgIpc) is 2.86. The number of nitrogens with zero attached hydrogens (tertiary/aromatic N) is 1. The lowest BCUT2D eigenvalue weighted by Gasteiger charge is -2.14. The van der Waals surface area contributed by atoms with Gasteiger partial charge in [0.15, 0.2) is 17.5 Å². The van der Waals surface area contributed by atoms with Gasteiger partial charge in [0, 0.05) is 31.8 Å². The number of benzene rings is 2. The molecule has 0 saturated heterocycles.